The number of esters is 4. The van der Waals surface area contributed by atoms with Gasteiger partial charge in [0.15, 0.2) is 0 Å². The van der Waals surface area contributed by atoms with Gasteiger partial charge in [-0.15, -0.1) is 0 Å². The average molecular weight is 841 g/mol. The van der Waals surface area contributed by atoms with Gasteiger partial charge in [0.25, 0.3) is 0 Å². The molecule has 0 aromatic heterocycles. The number of carbonyl (C=O) groups is 4. The summed E-state index contributed by atoms with van der Waals surface area (Å²) in [5.74, 6) is -0.170. The molecule has 0 heterocycles. The first-order chi connectivity index (χ1) is 25.4. The maximum atomic E-state index is 13.0. The van der Waals surface area contributed by atoms with E-state index in [4.69, 9.17) is 37.9 Å². The van der Waals surface area contributed by atoms with Crippen molar-refractivity contribution < 1.29 is 57.1 Å². The number of ether oxygens (including phenoxy) is 8. The van der Waals surface area contributed by atoms with Crippen molar-refractivity contribution in [2.75, 3.05) is 56.9 Å². The highest BCUT2D eigenvalue weighted by Gasteiger charge is 2.24. The van der Waals surface area contributed by atoms with Gasteiger partial charge in [0.1, 0.15) is 23.0 Å². The van der Waals surface area contributed by atoms with Crippen LogP contribution in [0.15, 0.2) is 48.5 Å². The molecule has 0 spiro atoms. The Morgan fingerprint density at radius 1 is 0.415 bits per heavy atom. The second kappa shape index (κ2) is 17.9. The summed E-state index contributed by atoms with van der Waals surface area (Å²) in [6, 6.07) is 13.4. The van der Waals surface area contributed by atoms with Crippen LogP contribution in [0.3, 0.4) is 0 Å². The summed E-state index contributed by atoms with van der Waals surface area (Å²) in [5, 5.41) is 0. The molecule has 53 heavy (non-hydrogen) atoms. The summed E-state index contributed by atoms with van der Waals surface area (Å²) >= 11 is 2.09. The molecule has 0 amide bonds. The van der Waals surface area contributed by atoms with Crippen molar-refractivity contribution in [2.24, 2.45) is 0 Å². The lowest BCUT2D eigenvalue weighted by molar-refractivity contribution is 0.0591. The number of aryl methyl sites for hydroxylation is 1. The van der Waals surface area contributed by atoms with Gasteiger partial charge < -0.3 is 37.9 Å². The van der Waals surface area contributed by atoms with E-state index in [-0.39, 0.29) is 30.4 Å². The molecule has 0 unspecified atom stereocenters. The number of methoxy groups -OCH3 is 8. The molecule has 0 bridgehead atoms. The first-order valence-electron chi connectivity index (χ1n) is 16.1. The molecule has 0 saturated heterocycles. The van der Waals surface area contributed by atoms with E-state index in [1.54, 1.807) is 48.5 Å². The lowest BCUT2D eigenvalue weighted by Gasteiger charge is -2.20. The van der Waals surface area contributed by atoms with Crippen LogP contribution in [-0.2, 0) is 38.2 Å². The third-order valence-corrected chi connectivity index (χ3v) is 9.40. The van der Waals surface area contributed by atoms with Crippen LogP contribution >= 0.6 is 22.6 Å². The second-order valence-electron chi connectivity index (χ2n) is 11.8. The molecular formula is C40H41IO12. The van der Waals surface area contributed by atoms with E-state index >= 15 is 0 Å². The topological polar surface area (TPSA) is 142 Å². The minimum absolute atomic E-state index is 0.136. The normalized spacial score (nSPS) is 10.6. The van der Waals surface area contributed by atoms with E-state index in [0.29, 0.717) is 76.6 Å². The number of halogens is 1. The summed E-state index contributed by atoms with van der Waals surface area (Å²) in [7, 11) is 11.3. The molecule has 0 saturated carbocycles. The lowest BCUT2D eigenvalue weighted by Crippen LogP contribution is -2.11. The van der Waals surface area contributed by atoms with Crippen LogP contribution < -0.4 is 18.9 Å². The molecule has 0 aliphatic rings. The fourth-order valence-corrected chi connectivity index (χ4v) is 7.30. The van der Waals surface area contributed by atoms with Gasteiger partial charge in [-0.05, 0) is 111 Å². The van der Waals surface area contributed by atoms with Crippen molar-refractivity contribution in [3.05, 3.63) is 113 Å². The van der Waals surface area contributed by atoms with Crippen molar-refractivity contribution in [2.45, 2.75) is 26.2 Å². The third kappa shape index (κ3) is 8.84. The zero-order valence-corrected chi connectivity index (χ0v) is 33.2. The van der Waals surface area contributed by atoms with Gasteiger partial charge in [-0.2, -0.15) is 0 Å². The molecule has 4 rings (SSSR count). The molecular weight excluding hydrogens is 799 g/mol. The SMILES string of the molecule is COC(=O)c1cc(C)c(OC)c(Cc2cc(C(=O)OC)cc(Cc3cc(C(=O)OC)cc(Cc4cc(C(=O)OC)cc(I)c4OC)c3OC)c2OC)c1. The first-order valence-corrected chi connectivity index (χ1v) is 17.2. The highest BCUT2D eigenvalue weighted by atomic mass is 127. The van der Waals surface area contributed by atoms with E-state index in [9.17, 15) is 19.2 Å². The van der Waals surface area contributed by atoms with Crippen molar-refractivity contribution in [3.63, 3.8) is 0 Å². The van der Waals surface area contributed by atoms with Gasteiger partial charge in [0.05, 0.1) is 82.7 Å². The third-order valence-electron chi connectivity index (χ3n) is 8.60. The Balaban J connectivity index is 1.95. The van der Waals surface area contributed by atoms with E-state index in [2.05, 4.69) is 22.6 Å². The van der Waals surface area contributed by atoms with Gasteiger partial charge in [-0.1, -0.05) is 0 Å². The molecule has 0 N–H and O–H groups in total. The lowest BCUT2D eigenvalue weighted by atomic mass is 9.90. The predicted octanol–water partition coefficient (Wildman–Crippen LogP) is 6.55. The van der Waals surface area contributed by atoms with Crippen molar-refractivity contribution in [1.29, 1.82) is 0 Å². The number of benzene rings is 4. The second-order valence-corrected chi connectivity index (χ2v) is 13.0. The van der Waals surface area contributed by atoms with Gasteiger partial charge in [0.2, 0.25) is 0 Å². The molecule has 280 valence electrons. The quantitative estimate of drug-likeness (QED) is 0.0772. The molecule has 0 atom stereocenters. The van der Waals surface area contributed by atoms with Crippen molar-refractivity contribution in [1.82, 2.24) is 0 Å². The summed E-state index contributed by atoms with van der Waals surface area (Å²) in [4.78, 5) is 51.1. The van der Waals surface area contributed by atoms with Gasteiger partial charge in [-0.3, -0.25) is 0 Å². The number of hydrogen-bond donors (Lipinski definition) is 0. The van der Waals surface area contributed by atoms with Crippen LogP contribution in [0.1, 0.15) is 80.4 Å². The van der Waals surface area contributed by atoms with Crippen LogP contribution in [0, 0.1) is 10.5 Å². The molecule has 13 heteroatoms. The summed E-state index contributed by atoms with van der Waals surface area (Å²) in [5.41, 5.74) is 5.56. The Morgan fingerprint density at radius 3 is 0.981 bits per heavy atom. The van der Waals surface area contributed by atoms with E-state index in [1.807, 2.05) is 6.92 Å². The molecule has 0 fully saturated rings. The molecule has 0 aliphatic carbocycles. The van der Waals surface area contributed by atoms with Gasteiger partial charge in [0, 0.05) is 24.8 Å². The zero-order valence-electron chi connectivity index (χ0n) is 31.0. The standard InChI is InChI=1S/C40H41IO12/c1-21-10-28(37(42)50-6)14-22(33(21)46-2)11-23-15-29(38(43)51-7)16-24(34(23)47-3)12-25-17-30(39(44)52-8)18-26(35(25)48-4)13-27-19-31(40(45)53-9)20-32(41)36(27)49-5/h10,14-20H,11-13H2,1-9H3. The molecule has 0 aliphatic heterocycles. The Morgan fingerprint density at radius 2 is 0.679 bits per heavy atom. The van der Waals surface area contributed by atoms with Crippen LogP contribution in [0.5, 0.6) is 23.0 Å². The number of rotatable bonds is 14. The van der Waals surface area contributed by atoms with Crippen LogP contribution in [0.4, 0.5) is 0 Å². The van der Waals surface area contributed by atoms with Crippen molar-refractivity contribution >= 4 is 46.5 Å². The zero-order chi connectivity index (χ0) is 39.0. The number of hydrogen-bond acceptors (Lipinski definition) is 12. The fraction of sp³-hybridized carbons (Fsp3) is 0.300. The van der Waals surface area contributed by atoms with Crippen LogP contribution in [-0.4, -0.2) is 80.8 Å². The summed E-state index contributed by atoms with van der Waals surface area (Å²) < 4.78 is 44.3. The largest absolute Gasteiger partial charge is 0.496 e. The highest BCUT2D eigenvalue weighted by Crippen LogP contribution is 2.38. The Bertz CT molecular complexity index is 1910. The van der Waals surface area contributed by atoms with E-state index in [1.165, 1.54) is 56.9 Å². The molecule has 4 aromatic rings. The average Bonchev–Trinajstić information content (AvgIpc) is 3.16. The van der Waals surface area contributed by atoms with Crippen molar-refractivity contribution in [3.8, 4) is 23.0 Å². The van der Waals surface area contributed by atoms with Crippen LogP contribution in [0.2, 0.25) is 0 Å². The molecule has 4 aromatic carbocycles. The predicted molar refractivity (Wildman–Crippen MR) is 203 cm³/mol. The fourth-order valence-electron chi connectivity index (χ4n) is 6.40. The van der Waals surface area contributed by atoms with Gasteiger partial charge >= 0.3 is 23.9 Å². The Hall–Kier alpha value is -5.31. The highest BCUT2D eigenvalue weighted by molar-refractivity contribution is 14.1. The van der Waals surface area contributed by atoms with Crippen LogP contribution in [0.25, 0.3) is 0 Å². The first kappa shape index (κ1) is 40.5. The van der Waals surface area contributed by atoms with E-state index in [0.717, 1.165) is 0 Å². The monoisotopic (exact) mass is 840 g/mol. The van der Waals surface area contributed by atoms with Gasteiger partial charge in [-0.25, -0.2) is 19.2 Å². The number of carbonyl (C=O) groups excluding carboxylic acids is 4. The Labute approximate surface area is 321 Å². The Kier molecular flexibility index (Phi) is 13.7. The molecule has 12 nitrogen and oxygen atoms in total. The smallest absolute Gasteiger partial charge is 0.337 e. The summed E-state index contributed by atoms with van der Waals surface area (Å²) in [6.45, 7) is 1.82. The maximum absolute atomic E-state index is 13.0. The maximum Gasteiger partial charge on any atom is 0.337 e. The summed E-state index contributed by atoms with van der Waals surface area (Å²) in [6.07, 6.45) is 0.540. The molecule has 0 radical (unpaired) electrons. The minimum atomic E-state index is -0.580. The van der Waals surface area contributed by atoms with E-state index < -0.39 is 23.9 Å². The minimum Gasteiger partial charge on any atom is -0.496 e.